The molecule has 0 aromatic heterocycles. The van der Waals surface area contributed by atoms with E-state index in [4.69, 9.17) is 0 Å². The van der Waals surface area contributed by atoms with Crippen LogP contribution in [0.2, 0.25) is 0 Å². The molecule has 0 radical (unpaired) electrons. The summed E-state index contributed by atoms with van der Waals surface area (Å²) in [6.07, 6.45) is -2.85. The van der Waals surface area contributed by atoms with Crippen LogP contribution in [-0.4, -0.2) is 19.5 Å². The number of hydrogen-bond acceptors (Lipinski definition) is 2. The van der Waals surface area contributed by atoms with Gasteiger partial charge in [-0.3, -0.25) is 0 Å². The van der Waals surface area contributed by atoms with Gasteiger partial charge in [0.25, 0.3) is 0 Å². The van der Waals surface area contributed by atoms with Crippen LogP contribution in [0.25, 0.3) is 0 Å². The second kappa shape index (κ2) is 5.91. The first-order valence-electron chi connectivity index (χ1n) is 5.42. The third kappa shape index (κ3) is 5.58. The zero-order valence-corrected chi connectivity index (χ0v) is 9.84. The predicted octanol–water partition coefficient (Wildman–Crippen LogP) is 3.13. The molecule has 0 saturated carbocycles. The Balaban J connectivity index is 2.50. The van der Waals surface area contributed by atoms with Crippen LogP contribution in [0.4, 0.5) is 13.2 Å². The van der Waals surface area contributed by atoms with Crippen LogP contribution >= 0.6 is 0 Å². The van der Waals surface area contributed by atoms with E-state index in [0.29, 0.717) is 6.04 Å². The maximum atomic E-state index is 11.9. The van der Waals surface area contributed by atoms with Crippen LogP contribution in [-0.2, 0) is 6.42 Å². The van der Waals surface area contributed by atoms with Crippen molar-refractivity contribution in [1.82, 2.24) is 5.32 Å². The first-order valence-corrected chi connectivity index (χ1v) is 5.42. The highest BCUT2D eigenvalue weighted by Gasteiger charge is 2.30. The van der Waals surface area contributed by atoms with E-state index in [9.17, 15) is 13.2 Å². The minimum Gasteiger partial charge on any atom is -0.406 e. The molecule has 1 N–H and O–H groups in total. The van der Waals surface area contributed by atoms with E-state index in [1.165, 1.54) is 12.1 Å². The maximum Gasteiger partial charge on any atom is 0.573 e. The number of halogens is 3. The fourth-order valence-corrected chi connectivity index (χ4v) is 1.39. The first kappa shape index (κ1) is 13.8. The first-order chi connectivity index (χ1) is 7.90. The Morgan fingerprint density at radius 2 is 1.82 bits per heavy atom. The molecule has 1 aromatic rings. The number of hydrogen-bond donors (Lipinski definition) is 1. The van der Waals surface area contributed by atoms with Gasteiger partial charge in [0.15, 0.2) is 0 Å². The molecule has 0 unspecified atom stereocenters. The van der Waals surface area contributed by atoms with E-state index in [1.807, 2.05) is 7.05 Å². The monoisotopic (exact) mass is 247 g/mol. The van der Waals surface area contributed by atoms with E-state index >= 15 is 0 Å². The second-order valence-corrected chi connectivity index (χ2v) is 3.92. The Labute approximate surface area is 98.8 Å². The van der Waals surface area contributed by atoms with Crippen molar-refractivity contribution in [3.8, 4) is 5.75 Å². The Hall–Kier alpha value is -1.23. The van der Waals surface area contributed by atoms with Crippen LogP contribution in [0.5, 0.6) is 5.75 Å². The fourth-order valence-electron chi connectivity index (χ4n) is 1.39. The lowest BCUT2D eigenvalue weighted by Gasteiger charge is -2.11. The minimum atomic E-state index is -4.62. The van der Waals surface area contributed by atoms with E-state index in [2.05, 4.69) is 17.0 Å². The average molecular weight is 247 g/mol. The molecule has 0 aliphatic heterocycles. The van der Waals surface area contributed by atoms with Gasteiger partial charge in [0.2, 0.25) is 0 Å². The quantitative estimate of drug-likeness (QED) is 0.863. The Morgan fingerprint density at radius 1 is 1.24 bits per heavy atom. The summed E-state index contributed by atoms with van der Waals surface area (Å²) < 4.78 is 39.5. The molecule has 1 aromatic carbocycles. The van der Waals surface area contributed by atoms with Gasteiger partial charge in [-0.15, -0.1) is 13.2 Å². The molecule has 2 nitrogen and oxygen atoms in total. The zero-order valence-electron chi connectivity index (χ0n) is 9.84. The van der Waals surface area contributed by atoms with Crippen LogP contribution in [0.15, 0.2) is 24.3 Å². The molecule has 96 valence electrons. The number of rotatable bonds is 5. The Morgan fingerprint density at radius 3 is 2.29 bits per heavy atom. The van der Waals surface area contributed by atoms with Gasteiger partial charge in [-0.25, -0.2) is 0 Å². The zero-order chi connectivity index (χ0) is 12.9. The van der Waals surface area contributed by atoms with Crippen molar-refractivity contribution in [2.24, 2.45) is 0 Å². The van der Waals surface area contributed by atoms with Crippen molar-refractivity contribution < 1.29 is 17.9 Å². The van der Waals surface area contributed by atoms with Crippen molar-refractivity contribution in [1.29, 1.82) is 0 Å². The maximum absolute atomic E-state index is 11.9. The molecular formula is C12H16F3NO. The van der Waals surface area contributed by atoms with Crippen LogP contribution in [0.1, 0.15) is 18.9 Å². The van der Waals surface area contributed by atoms with Crippen LogP contribution in [0.3, 0.4) is 0 Å². The average Bonchev–Trinajstić information content (AvgIpc) is 2.25. The number of alkyl halides is 3. The summed E-state index contributed by atoms with van der Waals surface area (Å²) in [6.45, 7) is 2.06. The molecule has 0 fully saturated rings. The summed E-state index contributed by atoms with van der Waals surface area (Å²) in [4.78, 5) is 0. The van der Waals surface area contributed by atoms with Gasteiger partial charge in [-0.2, -0.15) is 0 Å². The summed E-state index contributed by atoms with van der Waals surface area (Å²) >= 11 is 0. The third-order valence-electron chi connectivity index (χ3n) is 2.52. The van der Waals surface area contributed by atoms with Crippen LogP contribution < -0.4 is 10.1 Å². The summed E-state index contributed by atoms with van der Waals surface area (Å²) in [5.41, 5.74) is 1.00. The smallest absolute Gasteiger partial charge is 0.406 e. The van der Waals surface area contributed by atoms with Gasteiger partial charge >= 0.3 is 6.36 Å². The molecule has 17 heavy (non-hydrogen) atoms. The topological polar surface area (TPSA) is 21.3 Å². The summed E-state index contributed by atoms with van der Waals surface area (Å²) in [5, 5.41) is 3.10. The number of benzene rings is 1. The van der Waals surface area contributed by atoms with E-state index in [1.54, 1.807) is 12.1 Å². The lowest BCUT2D eigenvalue weighted by Crippen LogP contribution is -2.21. The third-order valence-corrected chi connectivity index (χ3v) is 2.52. The molecule has 1 atom stereocenters. The van der Waals surface area contributed by atoms with Crippen LogP contribution in [0, 0.1) is 0 Å². The minimum absolute atomic E-state index is 0.178. The van der Waals surface area contributed by atoms with Gasteiger partial charge in [0.1, 0.15) is 5.75 Å². The molecule has 1 rings (SSSR count). The highest BCUT2D eigenvalue weighted by atomic mass is 19.4. The van der Waals surface area contributed by atoms with E-state index < -0.39 is 6.36 Å². The highest BCUT2D eigenvalue weighted by Crippen LogP contribution is 2.23. The Kier molecular flexibility index (Phi) is 4.81. The molecular weight excluding hydrogens is 231 g/mol. The largest absolute Gasteiger partial charge is 0.573 e. The number of aryl methyl sites for hydroxylation is 1. The van der Waals surface area contributed by atoms with Gasteiger partial charge in [0.05, 0.1) is 0 Å². The number of ether oxygens (including phenoxy) is 1. The van der Waals surface area contributed by atoms with Gasteiger partial charge in [0, 0.05) is 6.04 Å². The Bertz CT molecular complexity index is 335. The standard InChI is InChI=1S/C12H16F3NO/c1-9(16-2)3-4-10-5-7-11(8-6-10)17-12(13,14)15/h5-9,16H,3-4H2,1-2H3/t9-/m1/s1. The van der Waals surface area contributed by atoms with Gasteiger partial charge in [-0.1, -0.05) is 12.1 Å². The summed E-state index contributed by atoms with van der Waals surface area (Å²) in [6, 6.07) is 6.38. The van der Waals surface area contributed by atoms with Gasteiger partial charge < -0.3 is 10.1 Å². The SMILES string of the molecule is CN[C@H](C)CCc1ccc(OC(F)(F)F)cc1. The van der Waals surface area contributed by atoms with Gasteiger partial charge in [-0.05, 0) is 44.5 Å². The molecule has 5 heteroatoms. The lowest BCUT2D eigenvalue weighted by molar-refractivity contribution is -0.274. The summed E-state index contributed by atoms with van der Waals surface area (Å²) in [5.74, 6) is -0.178. The summed E-state index contributed by atoms with van der Waals surface area (Å²) in [7, 11) is 1.88. The lowest BCUT2D eigenvalue weighted by atomic mass is 10.1. The molecule has 0 spiro atoms. The van der Waals surface area contributed by atoms with E-state index in [-0.39, 0.29) is 5.75 Å². The van der Waals surface area contributed by atoms with Crippen molar-refractivity contribution in [3.63, 3.8) is 0 Å². The molecule has 0 aliphatic rings. The normalized spacial score (nSPS) is 13.5. The molecule has 0 heterocycles. The van der Waals surface area contributed by atoms with Crippen molar-refractivity contribution >= 4 is 0 Å². The molecule has 0 amide bonds. The van der Waals surface area contributed by atoms with Crippen molar-refractivity contribution in [3.05, 3.63) is 29.8 Å². The second-order valence-electron chi connectivity index (χ2n) is 3.92. The highest BCUT2D eigenvalue weighted by molar-refractivity contribution is 5.27. The predicted molar refractivity (Wildman–Crippen MR) is 60.0 cm³/mol. The van der Waals surface area contributed by atoms with E-state index in [0.717, 1.165) is 18.4 Å². The fraction of sp³-hybridized carbons (Fsp3) is 0.500. The van der Waals surface area contributed by atoms with Crippen molar-refractivity contribution in [2.75, 3.05) is 7.05 Å². The number of nitrogens with one attached hydrogen (secondary N) is 1. The van der Waals surface area contributed by atoms with Crippen molar-refractivity contribution in [2.45, 2.75) is 32.2 Å². The molecule has 0 saturated heterocycles. The molecule has 0 aliphatic carbocycles. The molecule has 0 bridgehead atoms.